The molecule has 11 heteroatoms. The molecule has 182 valence electrons. The topological polar surface area (TPSA) is 97.9 Å². The number of hydrogen-bond donors (Lipinski definition) is 2. The van der Waals surface area contributed by atoms with Gasteiger partial charge in [-0.05, 0) is 57.7 Å². The molecule has 3 N–H and O–H groups in total. The number of piperidine rings is 1. The number of hydrogen-bond acceptors (Lipinski definition) is 6. The Labute approximate surface area is 195 Å². The highest BCUT2D eigenvalue weighted by Crippen LogP contribution is 2.47. The summed E-state index contributed by atoms with van der Waals surface area (Å²) in [5.41, 5.74) is 6.74. The number of aryl methyl sites for hydroxylation is 1. The zero-order chi connectivity index (χ0) is 24.2. The number of nitrogens with one attached hydrogen (secondary N) is 1. The molecular formula is C23H28F3N7O. The van der Waals surface area contributed by atoms with Crippen LogP contribution in [0.1, 0.15) is 55.9 Å². The van der Waals surface area contributed by atoms with E-state index in [1.54, 1.807) is 10.9 Å². The molecule has 4 atom stereocenters. The molecule has 8 nitrogen and oxygen atoms in total. The molecule has 1 aliphatic heterocycles. The Morgan fingerprint density at radius 1 is 1.24 bits per heavy atom. The van der Waals surface area contributed by atoms with Crippen LogP contribution in [-0.4, -0.2) is 37.3 Å². The van der Waals surface area contributed by atoms with E-state index >= 15 is 0 Å². The molecule has 1 aliphatic carbocycles. The minimum atomic E-state index is -4.46. The van der Waals surface area contributed by atoms with Crippen molar-refractivity contribution < 1.29 is 17.9 Å². The molecule has 1 aromatic carbocycles. The molecule has 0 radical (unpaired) electrons. The van der Waals surface area contributed by atoms with Gasteiger partial charge in [-0.3, -0.25) is 0 Å². The van der Waals surface area contributed by atoms with Crippen LogP contribution in [-0.2, 0) is 6.18 Å². The molecule has 1 saturated carbocycles. The van der Waals surface area contributed by atoms with Crippen LogP contribution in [0.25, 0.3) is 0 Å². The van der Waals surface area contributed by atoms with Gasteiger partial charge in [0.15, 0.2) is 0 Å². The molecule has 2 fully saturated rings. The maximum absolute atomic E-state index is 13.2. The minimum Gasteiger partial charge on any atom is -0.424 e. The number of nitrogens with zero attached hydrogens (tertiary/aromatic N) is 5. The number of benzene rings is 1. The lowest BCUT2D eigenvalue weighted by Crippen LogP contribution is -2.51. The molecule has 0 amide bonds. The highest BCUT2D eigenvalue weighted by atomic mass is 19.4. The number of fused-ring (bicyclic) bond motifs is 2. The van der Waals surface area contributed by atoms with Gasteiger partial charge in [-0.2, -0.15) is 18.2 Å². The number of imidazole rings is 1. The van der Waals surface area contributed by atoms with Gasteiger partial charge in [0.1, 0.15) is 11.6 Å². The Morgan fingerprint density at radius 2 is 2.03 bits per heavy atom. The molecule has 5 rings (SSSR count). The first-order chi connectivity index (χ1) is 16.1. The predicted molar refractivity (Wildman–Crippen MR) is 120 cm³/mol. The van der Waals surface area contributed by atoms with E-state index in [1.165, 1.54) is 12.1 Å². The van der Waals surface area contributed by atoms with Crippen LogP contribution in [0.4, 0.5) is 19.1 Å². The SMILES string of the molecule is Cc1cnc(C2C3CCC(CN2c2nc(Oc4cccc(C(F)(F)F)c4)n(C(C)C)n2)C3N)[nH]1. The third-order valence-corrected chi connectivity index (χ3v) is 6.79. The molecule has 3 heterocycles. The van der Waals surface area contributed by atoms with Crippen molar-refractivity contribution in [3.05, 3.63) is 47.5 Å². The third-order valence-electron chi connectivity index (χ3n) is 6.79. The number of halogens is 3. The number of anilines is 1. The maximum Gasteiger partial charge on any atom is 0.416 e. The average molecular weight is 476 g/mol. The van der Waals surface area contributed by atoms with Gasteiger partial charge in [-0.15, -0.1) is 5.10 Å². The molecule has 0 spiro atoms. The van der Waals surface area contributed by atoms with Crippen molar-refractivity contribution in [2.75, 3.05) is 11.4 Å². The summed E-state index contributed by atoms with van der Waals surface area (Å²) in [6, 6.07) is 4.74. The minimum absolute atomic E-state index is 0.0506. The predicted octanol–water partition coefficient (Wildman–Crippen LogP) is 4.62. The smallest absolute Gasteiger partial charge is 0.416 e. The van der Waals surface area contributed by atoms with Gasteiger partial charge in [0, 0.05) is 30.4 Å². The molecule has 1 saturated heterocycles. The summed E-state index contributed by atoms with van der Waals surface area (Å²) in [6.45, 7) is 6.46. The van der Waals surface area contributed by atoms with Crippen LogP contribution in [0.2, 0.25) is 0 Å². The lowest BCUT2D eigenvalue weighted by Gasteiger charge is -2.42. The highest BCUT2D eigenvalue weighted by Gasteiger charge is 2.49. The Morgan fingerprint density at radius 3 is 2.71 bits per heavy atom. The Bertz CT molecular complexity index is 1170. The van der Waals surface area contributed by atoms with Gasteiger partial charge in [0.2, 0.25) is 5.95 Å². The molecular weight excluding hydrogens is 447 g/mol. The highest BCUT2D eigenvalue weighted by molar-refractivity contribution is 5.39. The number of nitrogens with two attached hydrogens (primary N) is 1. The molecule has 2 bridgehead atoms. The number of ether oxygens (including phenoxy) is 1. The van der Waals surface area contributed by atoms with Crippen LogP contribution in [0, 0.1) is 18.8 Å². The van der Waals surface area contributed by atoms with Crippen molar-refractivity contribution in [3.63, 3.8) is 0 Å². The van der Waals surface area contributed by atoms with Crippen LogP contribution >= 0.6 is 0 Å². The zero-order valence-corrected chi connectivity index (χ0v) is 19.3. The summed E-state index contributed by atoms with van der Waals surface area (Å²) in [7, 11) is 0. The van der Waals surface area contributed by atoms with E-state index in [9.17, 15) is 13.2 Å². The molecule has 2 aliphatic rings. The van der Waals surface area contributed by atoms with Crippen molar-refractivity contribution in [1.29, 1.82) is 0 Å². The molecule has 3 aromatic rings. The maximum atomic E-state index is 13.2. The van der Waals surface area contributed by atoms with Gasteiger partial charge < -0.3 is 20.4 Å². The van der Waals surface area contributed by atoms with E-state index in [0.29, 0.717) is 18.4 Å². The summed E-state index contributed by atoms with van der Waals surface area (Å²) in [5, 5.41) is 4.71. The monoisotopic (exact) mass is 475 g/mol. The summed E-state index contributed by atoms with van der Waals surface area (Å²) in [6.07, 6.45) is -0.652. The van der Waals surface area contributed by atoms with Gasteiger partial charge in [-0.25, -0.2) is 9.67 Å². The third kappa shape index (κ3) is 4.02. The van der Waals surface area contributed by atoms with E-state index in [0.717, 1.165) is 36.5 Å². The van der Waals surface area contributed by atoms with E-state index in [1.807, 2.05) is 20.8 Å². The van der Waals surface area contributed by atoms with Gasteiger partial charge in [0.25, 0.3) is 0 Å². The summed E-state index contributed by atoms with van der Waals surface area (Å²) in [5.74, 6) is 1.84. The van der Waals surface area contributed by atoms with Crippen LogP contribution < -0.4 is 15.4 Å². The normalized spacial score (nSPS) is 24.8. The van der Waals surface area contributed by atoms with Crippen molar-refractivity contribution in [1.82, 2.24) is 24.7 Å². The fraction of sp³-hybridized carbons (Fsp3) is 0.522. The lowest BCUT2D eigenvalue weighted by molar-refractivity contribution is -0.137. The first-order valence-electron chi connectivity index (χ1n) is 11.5. The number of alkyl halides is 3. The average Bonchev–Trinajstić information content (AvgIpc) is 3.44. The largest absolute Gasteiger partial charge is 0.424 e. The number of H-pyrrole nitrogens is 1. The fourth-order valence-electron chi connectivity index (χ4n) is 5.13. The standard InChI is InChI=1S/C23H28F3N7O/c1-12(2)33-22(34-16-6-4-5-15(9-16)23(24,25)26)30-21(31-33)32-11-14-7-8-17(18(14)27)19(32)20-28-10-13(3)29-20/h4-6,9-10,12,14,17-19H,7-8,11,27H2,1-3H3,(H,28,29). The van der Waals surface area contributed by atoms with Crippen LogP contribution in [0.5, 0.6) is 11.8 Å². The first-order valence-corrected chi connectivity index (χ1v) is 11.5. The quantitative estimate of drug-likeness (QED) is 0.559. The van der Waals surface area contributed by atoms with E-state index < -0.39 is 11.7 Å². The first kappa shape index (κ1) is 22.7. The Balaban J connectivity index is 1.51. The van der Waals surface area contributed by atoms with Gasteiger partial charge in [-0.1, -0.05) is 6.07 Å². The van der Waals surface area contributed by atoms with Crippen LogP contribution in [0.15, 0.2) is 30.5 Å². The molecule has 34 heavy (non-hydrogen) atoms. The second-order valence-electron chi connectivity index (χ2n) is 9.49. The van der Waals surface area contributed by atoms with Crippen molar-refractivity contribution in [3.8, 4) is 11.8 Å². The van der Waals surface area contributed by atoms with Crippen LogP contribution in [0.3, 0.4) is 0 Å². The summed E-state index contributed by atoms with van der Waals surface area (Å²) >= 11 is 0. The number of aromatic amines is 1. The Kier molecular flexibility index (Phi) is 5.54. The second-order valence-corrected chi connectivity index (χ2v) is 9.49. The van der Waals surface area contributed by atoms with Crippen molar-refractivity contribution in [2.45, 2.75) is 57.9 Å². The summed E-state index contributed by atoms with van der Waals surface area (Å²) in [4.78, 5) is 14.7. The fourth-order valence-corrected chi connectivity index (χ4v) is 5.13. The summed E-state index contributed by atoms with van der Waals surface area (Å²) < 4.78 is 46.9. The lowest BCUT2D eigenvalue weighted by atomic mass is 9.86. The van der Waals surface area contributed by atoms with Crippen molar-refractivity contribution in [2.24, 2.45) is 17.6 Å². The van der Waals surface area contributed by atoms with Gasteiger partial charge >= 0.3 is 12.2 Å². The van der Waals surface area contributed by atoms with E-state index in [4.69, 9.17) is 15.6 Å². The zero-order valence-electron chi connectivity index (χ0n) is 19.3. The number of aromatic nitrogens is 5. The van der Waals surface area contributed by atoms with E-state index in [-0.39, 0.29) is 35.8 Å². The second kappa shape index (κ2) is 8.30. The molecule has 2 aromatic heterocycles. The van der Waals surface area contributed by atoms with Gasteiger partial charge in [0.05, 0.1) is 17.6 Å². The Hall–Kier alpha value is -3.08. The molecule has 4 unspecified atom stereocenters. The number of rotatable bonds is 5. The van der Waals surface area contributed by atoms with E-state index in [2.05, 4.69) is 19.9 Å². The van der Waals surface area contributed by atoms with Crippen molar-refractivity contribution >= 4 is 5.95 Å².